The molecule has 2 aliphatic rings. The van der Waals surface area contributed by atoms with Gasteiger partial charge in [-0.2, -0.15) is 12.7 Å². The van der Waals surface area contributed by atoms with Crippen molar-refractivity contribution in [3.8, 4) is 11.3 Å². The van der Waals surface area contributed by atoms with Gasteiger partial charge in [-0.25, -0.2) is 14.1 Å². The van der Waals surface area contributed by atoms with E-state index in [1.807, 2.05) is 4.90 Å². The maximum absolute atomic E-state index is 14.2. The van der Waals surface area contributed by atoms with Crippen LogP contribution in [0.4, 0.5) is 10.2 Å². The van der Waals surface area contributed by atoms with E-state index in [2.05, 4.69) is 25.5 Å². The molecule has 0 spiro atoms. The summed E-state index contributed by atoms with van der Waals surface area (Å²) in [6, 6.07) is 7.82. The molecule has 0 unspecified atom stereocenters. The van der Waals surface area contributed by atoms with E-state index in [0.29, 0.717) is 41.5 Å². The smallest absolute Gasteiger partial charge is 0.304 e. The normalized spacial score (nSPS) is 22.8. The largest absolute Gasteiger partial charge is 0.351 e. The number of anilines is 1. The lowest BCUT2D eigenvalue weighted by Crippen LogP contribution is -2.44. The fourth-order valence-corrected chi connectivity index (χ4v) is 6.12. The Hall–Kier alpha value is -2.56. The summed E-state index contributed by atoms with van der Waals surface area (Å²) in [5.41, 5.74) is 7.33. The molecule has 0 bridgehead atoms. The topological polar surface area (TPSA) is 109 Å². The highest BCUT2D eigenvalue weighted by Crippen LogP contribution is 2.38. The predicted molar refractivity (Wildman–Crippen MR) is 132 cm³/mol. The first-order chi connectivity index (χ1) is 15.9. The van der Waals surface area contributed by atoms with Crippen molar-refractivity contribution in [3.63, 3.8) is 0 Å². The second-order valence-electron chi connectivity index (χ2n) is 10.1. The summed E-state index contributed by atoms with van der Waals surface area (Å²) in [7, 11) is -4.03. The molecule has 2 fully saturated rings. The number of hydrogen-bond donors (Lipinski definition) is 2. The van der Waals surface area contributed by atoms with Crippen LogP contribution in [0.2, 0.25) is 0 Å². The molecule has 2 atom stereocenters. The molecule has 8 nitrogen and oxygen atoms in total. The van der Waals surface area contributed by atoms with Gasteiger partial charge in [0.2, 0.25) is 0 Å². The summed E-state index contributed by atoms with van der Waals surface area (Å²) < 4.78 is 43.2. The van der Waals surface area contributed by atoms with Crippen molar-refractivity contribution in [3.05, 3.63) is 47.3 Å². The van der Waals surface area contributed by atoms with Gasteiger partial charge < -0.3 is 10.6 Å². The SMILES string of the molecule is Cc1ccc(-c2ccc(C(=O)NS(=O)(=O)N3CC[C@H](N)C3)c(N3C[C@@H](C)CC3(C)C)n2)cc1F.[HH]. The molecule has 34 heavy (non-hydrogen) atoms. The van der Waals surface area contributed by atoms with E-state index < -0.39 is 16.1 Å². The van der Waals surface area contributed by atoms with Gasteiger partial charge in [0, 0.05) is 38.2 Å². The Labute approximate surface area is 202 Å². The first-order valence-electron chi connectivity index (χ1n) is 11.5. The van der Waals surface area contributed by atoms with E-state index in [4.69, 9.17) is 10.7 Å². The van der Waals surface area contributed by atoms with Gasteiger partial charge in [0.1, 0.15) is 11.6 Å². The van der Waals surface area contributed by atoms with Crippen molar-refractivity contribution in [1.82, 2.24) is 14.0 Å². The van der Waals surface area contributed by atoms with Crippen LogP contribution in [0.5, 0.6) is 0 Å². The number of aromatic nitrogens is 1. The number of aryl methyl sites for hydroxylation is 1. The quantitative estimate of drug-likeness (QED) is 0.665. The lowest BCUT2D eigenvalue weighted by atomic mass is 9.97. The van der Waals surface area contributed by atoms with Crippen LogP contribution in [0.15, 0.2) is 30.3 Å². The van der Waals surface area contributed by atoms with Crippen LogP contribution < -0.4 is 15.4 Å². The molecule has 3 heterocycles. The van der Waals surface area contributed by atoms with Gasteiger partial charge in [0.15, 0.2) is 0 Å². The van der Waals surface area contributed by atoms with Crippen molar-refractivity contribution in [2.24, 2.45) is 11.7 Å². The average molecular weight is 492 g/mol. The van der Waals surface area contributed by atoms with E-state index in [9.17, 15) is 17.6 Å². The molecule has 3 N–H and O–H groups in total. The molecule has 10 heteroatoms. The molecular weight excluding hydrogens is 457 g/mol. The maximum atomic E-state index is 14.2. The Morgan fingerprint density at radius 2 is 2.00 bits per heavy atom. The van der Waals surface area contributed by atoms with Crippen LogP contribution in [-0.2, 0) is 10.2 Å². The molecule has 1 aromatic heterocycles. The van der Waals surface area contributed by atoms with Crippen molar-refractivity contribution in [1.29, 1.82) is 0 Å². The summed E-state index contributed by atoms with van der Waals surface area (Å²) in [4.78, 5) is 20.0. The zero-order valence-electron chi connectivity index (χ0n) is 20.0. The molecule has 2 saturated heterocycles. The molecule has 186 valence electrons. The lowest BCUT2D eigenvalue weighted by molar-refractivity contribution is 0.0979. The number of rotatable bonds is 5. The predicted octanol–water partition coefficient (Wildman–Crippen LogP) is 3.07. The van der Waals surface area contributed by atoms with E-state index in [-0.39, 0.29) is 37.5 Å². The van der Waals surface area contributed by atoms with Gasteiger partial charge in [-0.05, 0) is 63.3 Å². The number of carbonyl (C=O) groups is 1. The summed E-state index contributed by atoms with van der Waals surface area (Å²) in [6.07, 6.45) is 1.44. The number of halogens is 1. The van der Waals surface area contributed by atoms with Crippen LogP contribution in [0.3, 0.4) is 0 Å². The number of benzene rings is 1. The summed E-state index contributed by atoms with van der Waals surface area (Å²) in [6.45, 7) is 9.06. The molecule has 0 aliphatic carbocycles. The third kappa shape index (κ3) is 4.80. The zero-order valence-corrected chi connectivity index (χ0v) is 20.8. The molecular formula is C24H34FN5O3S. The number of carbonyl (C=O) groups excluding carboxylic acids is 1. The number of amides is 1. The minimum Gasteiger partial charge on any atom is -0.351 e. The average Bonchev–Trinajstić information content (AvgIpc) is 3.31. The number of hydrogen-bond acceptors (Lipinski definition) is 6. The second-order valence-corrected chi connectivity index (χ2v) is 11.8. The van der Waals surface area contributed by atoms with Gasteiger partial charge in [0.25, 0.3) is 5.91 Å². The minimum absolute atomic E-state index is 0. The second kappa shape index (κ2) is 8.90. The van der Waals surface area contributed by atoms with Gasteiger partial charge >= 0.3 is 10.2 Å². The maximum Gasteiger partial charge on any atom is 0.304 e. The summed E-state index contributed by atoms with van der Waals surface area (Å²) in [5, 5.41) is 0. The number of nitrogens with zero attached hydrogens (tertiary/aromatic N) is 3. The molecule has 0 saturated carbocycles. The fraction of sp³-hybridized carbons (Fsp3) is 0.500. The first kappa shape index (κ1) is 24.6. The molecule has 1 aromatic carbocycles. The molecule has 2 aromatic rings. The van der Waals surface area contributed by atoms with E-state index >= 15 is 0 Å². The van der Waals surface area contributed by atoms with Gasteiger partial charge in [-0.1, -0.05) is 19.1 Å². The van der Waals surface area contributed by atoms with Crippen molar-refractivity contribution < 1.29 is 19.0 Å². The Bertz CT molecular complexity index is 1220. The summed E-state index contributed by atoms with van der Waals surface area (Å²) >= 11 is 0. The van der Waals surface area contributed by atoms with Gasteiger partial charge in [-0.3, -0.25) is 4.79 Å². The van der Waals surface area contributed by atoms with Crippen molar-refractivity contribution >= 4 is 21.9 Å². The standard InChI is InChI=1S/C24H32FN5O3S.H2/c1-15-12-24(3,4)30(13-15)22-19(23(31)28-34(32,33)29-10-9-18(26)14-29)7-8-21(27-22)17-6-5-16(2)20(25)11-17;/h5-8,11,15,18H,9-10,12-14,26H2,1-4H3,(H,28,31);1H/t15-,18-;/m0./s1. The van der Waals surface area contributed by atoms with Crippen LogP contribution in [0, 0.1) is 18.7 Å². The Morgan fingerprint density at radius 3 is 2.59 bits per heavy atom. The third-order valence-corrected chi connectivity index (χ3v) is 8.12. The molecule has 4 rings (SSSR count). The third-order valence-electron chi connectivity index (χ3n) is 6.66. The Kier molecular flexibility index (Phi) is 6.43. The number of nitrogens with two attached hydrogens (primary N) is 1. The van der Waals surface area contributed by atoms with Crippen LogP contribution in [-0.4, -0.2) is 54.8 Å². The Morgan fingerprint density at radius 1 is 1.26 bits per heavy atom. The van der Waals surface area contributed by atoms with Crippen LogP contribution in [0.1, 0.15) is 51.0 Å². The minimum atomic E-state index is -4.03. The highest BCUT2D eigenvalue weighted by atomic mass is 32.2. The number of nitrogens with one attached hydrogen (secondary N) is 1. The molecule has 2 aliphatic heterocycles. The van der Waals surface area contributed by atoms with Gasteiger partial charge in [-0.15, -0.1) is 0 Å². The monoisotopic (exact) mass is 491 g/mol. The van der Waals surface area contributed by atoms with Crippen LogP contribution in [0.25, 0.3) is 11.3 Å². The molecule has 1 amide bonds. The first-order valence-corrected chi connectivity index (χ1v) is 12.9. The Balaban J connectivity index is 0.00000342. The van der Waals surface area contributed by atoms with Crippen LogP contribution >= 0.6 is 0 Å². The van der Waals surface area contributed by atoms with E-state index in [0.717, 1.165) is 6.42 Å². The molecule has 0 radical (unpaired) electrons. The highest BCUT2D eigenvalue weighted by Gasteiger charge is 2.40. The lowest BCUT2D eigenvalue weighted by Gasteiger charge is -2.34. The highest BCUT2D eigenvalue weighted by molar-refractivity contribution is 7.87. The summed E-state index contributed by atoms with van der Waals surface area (Å²) in [5.74, 6) is -0.339. The van der Waals surface area contributed by atoms with Crippen molar-refractivity contribution in [2.75, 3.05) is 24.5 Å². The van der Waals surface area contributed by atoms with Gasteiger partial charge in [0.05, 0.1) is 11.3 Å². The number of pyridine rings is 1. The zero-order chi connectivity index (χ0) is 24.8. The fourth-order valence-electron chi connectivity index (χ4n) is 4.91. The van der Waals surface area contributed by atoms with E-state index in [1.54, 1.807) is 31.2 Å². The van der Waals surface area contributed by atoms with E-state index in [1.165, 1.54) is 10.4 Å². The van der Waals surface area contributed by atoms with Crippen molar-refractivity contribution in [2.45, 2.75) is 52.1 Å².